The maximum absolute atomic E-state index is 12.5. The van der Waals surface area contributed by atoms with Crippen LogP contribution in [0.2, 0.25) is 0 Å². The van der Waals surface area contributed by atoms with Crippen LogP contribution in [0.25, 0.3) is 0 Å². The molecule has 1 aromatic heterocycles. The summed E-state index contributed by atoms with van der Waals surface area (Å²) in [4.78, 5) is 14.4. The van der Waals surface area contributed by atoms with Gasteiger partial charge in [-0.15, -0.1) is 0 Å². The molecule has 0 N–H and O–H groups in total. The molecule has 1 aromatic carbocycles. The highest BCUT2D eigenvalue weighted by atomic mass is 32.2. The molecular weight excluding hydrogens is 320 g/mol. The van der Waals surface area contributed by atoms with Gasteiger partial charge in [0.05, 0.1) is 10.5 Å². The van der Waals surface area contributed by atoms with Crippen LogP contribution < -0.4 is 4.90 Å². The number of carbonyl (C=O) groups excluding carboxylic acids is 1. The monoisotopic (exact) mass is 336 g/mol. The Bertz CT molecular complexity index is 811. The summed E-state index contributed by atoms with van der Waals surface area (Å²) in [5.74, 6) is -0.0839. The van der Waals surface area contributed by atoms with Gasteiger partial charge >= 0.3 is 0 Å². The van der Waals surface area contributed by atoms with E-state index in [1.807, 2.05) is 5.38 Å². The minimum absolute atomic E-state index is 0.0839. The molecular formula is C15H16N2O3S2. The molecule has 0 atom stereocenters. The van der Waals surface area contributed by atoms with Crippen molar-refractivity contribution in [1.29, 1.82) is 0 Å². The van der Waals surface area contributed by atoms with Crippen LogP contribution in [0.4, 0.5) is 5.69 Å². The Morgan fingerprint density at radius 2 is 2.05 bits per heavy atom. The predicted octanol–water partition coefficient (Wildman–Crippen LogP) is 2.20. The number of rotatable bonds is 3. The number of benzene rings is 1. The number of hydrogen-bond donors (Lipinski definition) is 0. The van der Waals surface area contributed by atoms with Crippen molar-refractivity contribution in [1.82, 2.24) is 4.31 Å². The first-order chi connectivity index (χ1) is 10.4. The second-order valence-corrected chi connectivity index (χ2v) is 8.23. The van der Waals surface area contributed by atoms with Crippen LogP contribution in [-0.4, -0.2) is 39.3 Å². The van der Waals surface area contributed by atoms with Gasteiger partial charge in [-0.05, 0) is 35.6 Å². The zero-order valence-electron chi connectivity index (χ0n) is 12.3. The van der Waals surface area contributed by atoms with Crippen molar-refractivity contribution in [3.05, 3.63) is 46.2 Å². The lowest BCUT2D eigenvalue weighted by Crippen LogP contribution is -2.29. The number of hydrogen-bond acceptors (Lipinski definition) is 4. The van der Waals surface area contributed by atoms with Gasteiger partial charge in [0, 0.05) is 31.7 Å². The molecule has 1 amide bonds. The second kappa shape index (κ2) is 5.49. The highest BCUT2D eigenvalue weighted by Gasteiger charge is 2.28. The summed E-state index contributed by atoms with van der Waals surface area (Å²) in [5, 5.41) is 3.66. The minimum atomic E-state index is -3.50. The summed E-state index contributed by atoms with van der Waals surface area (Å²) in [5.41, 5.74) is 2.33. The molecule has 0 saturated carbocycles. The van der Waals surface area contributed by atoms with Crippen LogP contribution in [0.5, 0.6) is 0 Å². The summed E-state index contributed by atoms with van der Waals surface area (Å²) in [6.45, 7) is 0.579. The van der Waals surface area contributed by atoms with Crippen LogP contribution >= 0.6 is 11.3 Å². The first-order valence-corrected chi connectivity index (χ1v) is 9.19. The van der Waals surface area contributed by atoms with Gasteiger partial charge in [0.25, 0.3) is 5.91 Å². The second-order valence-electron chi connectivity index (χ2n) is 5.30. The van der Waals surface area contributed by atoms with E-state index in [4.69, 9.17) is 0 Å². The van der Waals surface area contributed by atoms with Gasteiger partial charge in [-0.1, -0.05) is 6.07 Å². The van der Waals surface area contributed by atoms with Crippen molar-refractivity contribution >= 4 is 33.0 Å². The molecule has 0 bridgehead atoms. The van der Waals surface area contributed by atoms with Gasteiger partial charge in [0.2, 0.25) is 10.0 Å². The Labute approximate surface area is 133 Å². The topological polar surface area (TPSA) is 57.7 Å². The van der Waals surface area contributed by atoms with E-state index in [0.29, 0.717) is 17.8 Å². The quantitative estimate of drug-likeness (QED) is 0.863. The maximum atomic E-state index is 12.5. The standard InChI is InChI=1S/C15H16N2O3S2/c1-16(2)22(19,20)13-4-3-11-5-7-17(14(11)9-13)15(18)12-6-8-21-10-12/h3-4,6,8-10H,5,7H2,1-2H3. The van der Waals surface area contributed by atoms with Crippen molar-refractivity contribution in [3.8, 4) is 0 Å². The summed E-state index contributed by atoms with van der Waals surface area (Å²) in [7, 11) is -0.510. The zero-order chi connectivity index (χ0) is 15.9. The van der Waals surface area contributed by atoms with Crippen molar-refractivity contribution in [2.75, 3.05) is 25.5 Å². The molecule has 1 aliphatic rings. The van der Waals surface area contributed by atoms with Gasteiger partial charge < -0.3 is 4.90 Å². The SMILES string of the molecule is CN(C)S(=O)(=O)c1ccc2c(c1)N(C(=O)c1ccsc1)CC2. The van der Waals surface area contributed by atoms with Gasteiger partial charge in [0.1, 0.15) is 0 Å². The highest BCUT2D eigenvalue weighted by molar-refractivity contribution is 7.89. The number of anilines is 1. The number of thiophene rings is 1. The van der Waals surface area contributed by atoms with E-state index in [-0.39, 0.29) is 10.8 Å². The number of nitrogens with zero attached hydrogens (tertiary/aromatic N) is 2. The number of carbonyl (C=O) groups is 1. The summed E-state index contributed by atoms with van der Waals surface area (Å²) >= 11 is 1.47. The fourth-order valence-electron chi connectivity index (χ4n) is 2.48. The Kier molecular flexibility index (Phi) is 3.80. The van der Waals surface area contributed by atoms with Crippen molar-refractivity contribution < 1.29 is 13.2 Å². The van der Waals surface area contributed by atoms with Gasteiger partial charge in [0.15, 0.2) is 0 Å². The van der Waals surface area contributed by atoms with Gasteiger partial charge in [-0.2, -0.15) is 11.3 Å². The molecule has 0 fully saturated rings. The first-order valence-electron chi connectivity index (χ1n) is 6.81. The lowest BCUT2D eigenvalue weighted by molar-refractivity contribution is 0.0990. The van der Waals surface area contributed by atoms with E-state index in [1.54, 1.807) is 34.5 Å². The zero-order valence-corrected chi connectivity index (χ0v) is 13.9. The highest BCUT2D eigenvalue weighted by Crippen LogP contribution is 2.32. The van der Waals surface area contributed by atoms with E-state index in [2.05, 4.69) is 0 Å². The van der Waals surface area contributed by atoms with Crippen LogP contribution in [0.1, 0.15) is 15.9 Å². The number of fused-ring (bicyclic) bond motifs is 1. The first kappa shape index (κ1) is 15.2. The Morgan fingerprint density at radius 1 is 1.27 bits per heavy atom. The molecule has 1 aliphatic heterocycles. The molecule has 116 valence electrons. The molecule has 0 saturated heterocycles. The fraction of sp³-hybridized carbons (Fsp3) is 0.267. The lowest BCUT2D eigenvalue weighted by Gasteiger charge is -2.18. The third-order valence-electron chi connectivity index (χ3n) is 3.74. The molecule has 5 nitrogen and oxygen atoms in total. The normalized spacial score (nSPS) is 14.4. The van der Waals surface area contributed by atoms with E-state index in [0.717, 1.165) is 12.0 Å². The molecule has 0 unspecified atom stereocenters. The van der Waals surface area contributed by atoms with Gasteiger partial charge in [-0.25, -0.2) is 12.7 Å². The molecule has 2 aromatic rings. The Morgan fingerprint density at radius 3 is 2.68 bits per heavy atom. The summed E-state index contributed by atoms with van der Waals surface area (Å²) in [6, 6.07) is 6.78. The largest absolute Gasteiger partial charge is 0.308 e. The molecule has 7 heteroatoms. The van der Waals surface area contributed by atoms with Crippen LogP contribution in [0.3, 0.4) is 0 Å². The number of amides is 1. The average molecular weight is 336 g/mol. The Hall–Kier alpha value is -1.70. The molecule has 22 heavy (non-hydrogen) atoms. The van der Waals surface area contributed by atoms with Crippen molar-refractivity contribution in [2.45, 2.75) is 11.3 Å². The maximum Gasteiger partial charge on any atom is 0.259 e. The number of sulfonamides is 1. The van der Waals surface area contributed by atoms with E-state index >= 15 is 0 Å². The average Bonchev–Trinajstić information content (AvgIpc) is 3.15. The molecule has 0 radical (unpaired) electrons. The van der Waals surface area contributed by atoms with E-state index in [9.17, 15) is 13.2 Å². The molecule has 0 aliphatic carbocycles. The smallest absolute Gasteiger partial charge is 0.259 e. The summed E-state index contributed by atoms with van der Waals surface area (Å²) < 4.78 is 25.7. The van der Waals surface area contributed by atoms with Crippen LogP contribution in [0, 0.1) is 0 Å². The Balaban J connectivity index is 2.02. The third-order valence-corrected chi connectivity index (χ3v) is 6.24. The third kappa shape index (κ3) is 2.45. The van der Waals surface area contributed by atoms with Gasteiger partial charge in [-0.3, -0.25) is 4.79 Å². The predicted molar refractivity (Wildman–Crippen MR) is 87.0 cm³/mol. The molecule has 0 spiro atoms. The van der Waals surface area contributed by atoms with Crippen molar-refractivity contribution in [3.63, 3.8) is 0 Å². The molecule has 2 heterocycles. The minimum Gasteiger partial charge on any atom is -0.308 e. The molecule has 3 rings (SSSR count). The summed E-state index contributed by atoms with van der Waals surface area (Å²) in [6.07, 6.45) is 0.744. The van der Waals surface area contributed by atoms with Crippen molar-refractivity contribution in [2.24, 2.45) is 0 Å². The lowest BCUT2D eigenvalue weighted by atomic mass is 10.2. The van der Waals surface area contributed by atoms with E-state index < -0.39 is 10.0 Å². The van der Waals surface area contributed by atoms with Crippen LogP contribution in [0.15, 0.2) is 39.9 Å². The van der Waals surface area contributed by atoms with Crippen LogP contribution in [-0.2, 0) is 16.4 Å². The van der Waals surface area contributed by atoms with E-state index in [1.165, 1.54) is 29.7 Å². The fourth-order valence-corrected chi connectivity index (χ4v) is 4.04.